The van der Waals surface area contributed by atoms with Gasteiger partial charge in [-0.05, 0) is 37.5 Å². The monoisotopic (exact) mass is 436 g/mol. The van der Waals surface area contributed by atoms with E-state index in [1.807, 2.05) is 6.92 Å². The molecule has 5 rings (SSSR count). The summed E-state index contributed by atoms with van der Waals surface area (Å²) < 4.78 is 28.6. The summed E-state index contributed by atoms with van der Waals surface area (Å²) in [5, 5.41) is 0. The molecule has 0 aromatic heterocycles. The lowest BCUT2D eigenvalue weighted by atomic mass is 9.47. The molecule has 2 saturated heterocycles. The van der Waals surface area contributed by atoms with Crippen LogP contribution in [0.15, 0.2) is 0 Å². The van der Waals surface area contributed by atoms with Crippen molar-refractivity contribution in [1.29, 1.82) is 0 Å². The molecule has 0 aromatic rings. The van der Waals surface area contributed by atoms with Crippen LogP contribution in [0.3, 0.4) is 0 Å². The number of rotatable bonds is 3. The van der Waals surface area contributed by atoms with Gasteiger partial charge in [-0.25, -0.2) is 0 Å². The number of ketones is 2. The van der Waals surface area contributed by atoms with Gasteiger partial charge in [-0.3, -0.25) is 14.4 Å². The molecule has 0 amide bonds. The SMILES string of the molecule is COC(=O)CC[C@@]1(C)C(=O)CCC2C1C(=O)C[C@@]1(C)C2CC[C@@]12OCOC21COCO1. The molecule has 8 heteroatoms. The summed E-state index contributed by atoms with van der Waals surface area (Å²) >= 11 is 0. The van der Waals surface area contributed by atoms with E-state index in [0.717, 1.165) is 12.8 Å². The van der Waals surface area contributed by atoms with Crippen LogP contribution in [0, 0.1) is 28.6 Å². The zero-order valence-electron chi connectivity index (χ0n) is 18.6. The van der Waals surface area contributed by atoms with Gasteiger partial charge < -0.3 is 23.7 Å². The highest BCUT2D eigenvalue weighted by atomic mass is 16.9. The Morgan fingerprint density at radius 1 is 1.13 bits per heavy atom. The fourth-order valence-corrected chi connectivity index (χ4v) is 7.86. The second-order valence-corrected chi connectivity index (χ2v) is 10.4. The number of hydrogen-bond acceptors (Lipinski definition) is 8. The summed E-state index contributed by atoms with van der Waals surface area (Å²) in [4.78, 5) is 38.6. The molecule has 5 fully saturated rings. The first-order chi connectivity index (χ1) is 14.7. The highest BCUT2D eigenvalue weighted by molar-refractivity contribution is 5.95. The molecular weight excluding hydrogens is 404 g/mol. The number of fused-ring (bicyclic) bond motifs is 5. The van der Waals surface area contributed by atoms with Crippen molar-refractivity contribution in [1.82, 2.24) is 0 Å². The lowest BCUT2D eigenvalue weighted by Gasteiger charge is -2.57. The average molecular weight is 437 g/mol. The summed E-state index contributed by atoms with van der Waals surface area (Å²) in [6.07, 6.45) is 3.57. The zero-order valence-corrected chi connectivity index (χ0v) is 18.6. The van der Waals surface area contributed by atoms with Gasteiger partial charge >= 0.3 is 5.97 Å². The predicted octanol–water partition coefficient (Wildman–Crippen LogP) is 2.37. The van der Waals surface area contributed by atoms with Crippen molar-refractivity contribution in [3.8, 4) is 0 Å². The molecule has 7 atom stereocenters. The first-order valence-electron chi connectivity index (χ1n) is 11.4. The Labute approximate surface area is 182 Å². The van der Waals surface area contributed by atoms with Crippen molar-refractivity contribution in [2.45, 2.75) is 70.2 Å². The van der Waals surface area contributed by atoms with Crippen molar-refractivity contribution in [3.05, 3.63) is 0 Å². The van der Waals surface area contributed by atoms with Crippen LogP contribution in [0.2, 0.25) is 0 Å². The number of carbonyl (C=O) groups excluding carboxylic acids is 3. The third-order valence-corrected chi connectivity index (χ3v) is 9.37. The van der Waals surface area contributed by atoms with Gasteiger partial charge in [0.05, 0.1) is 7.11 Å². The van der Waals surface area contributed by atoms with Crippen molar-refractivity contribution in [3.63, 3.8) is 0 Å². The summed E-state index contributed by atoms with van der Waals surface area (Å²) in [6.45, 7) is 4.60. The fourth-order valence-electron chi connectivity index (χ4n) is 7.86. The van der Waals surface area contributed by atoms with Crippen LogP contribution < -0.4 is 0 Å². The smallest absolute Gasteiger partial charge is 0.305 e. The van der Waals surface area contributed by atoms with Gasteiger partial charge in [0, 0.05) is 36.0 Å². The number of Topliss-reactive ketones (excluding diaryl/α,β-unsaturated/α-hetero) is 2. The molecule has 4 unspecified atom stereocenters. The van der Waals surface area contributed by atoms with E-state index in [0.29, 0.717) is 32.3 Å². The number of methoxy groups -OCH3 is 1. The summed E-state index contributed by atoms with van der Waals surface area (Å²) in [7, 11) is 1.35. The standard InChI is InChI=1S/C23H32O8/c1-20(8-7-18(26)27-3)17(25)5-4-14-15-6-9-22(21(15,2)10-16(24)19(14)20)23(31-13-29-22)11-28-12-30-23/h14-15,19H,4-13H2,1-3H3/t14?,15?,19?,20-,21-,22+,23?/m0/s1. The molecule has 0 N–H and O–H groups in total. The first kappa shape index (κ1) is 21.5. The van der Waals surface area contributed by atoms with Crippen molar-refractivity contribution >= 4 is 17.5 Å². The lowest BCUT2D eigenvalue weighted by molar-refractivity contribution is -0.246. The van der Waals surface area contributed by atoms with Gasteiger partial charge in [-0.15, -0.1) is 0 Å². The van der Waals surface area contributed by atoms with Gasteiger partial charge in [0.1, 0.15) is 23.8 Å². The van der Waals surface area contributed by atoms with Crippen molar-refractivity contribution in [2.24, 2.45) is 28.6 Å². The third-order valence-electron chi connectivity index (χ3n) is 9.37. The molecule has 172 valence electrons. The summed E-state index contributed by atoms with van der Waals surface area (Å²) in [6, 6.07) is 0. The molecule has 2 heterocycles. The molecule has 0 bridgehead atoms. The maximum Gasteiger partial charge on any atom is 0.305 e. The Balaban J connectivity index is 1.50. The number of hydrogen-bond donors (Lipinski definition) is 0. The van der Waals surface area contributed by atoms with E-state index in [1.165, 1.54) is 7.11 Å². The highest BCUT2D eigenvalue weighted by Crippen LogP contribution is 2.69. The van der Waals surface area contributed by atoms with E-state index < -0.39 is 22.2 Å². The Bertz CT molecular complexity index is 798. The zero-order chi connectivity index (χ0) is 22.1. The Morgan fingerprint density at radius 2 is 1.90 bits per heavy atom. The molecule has 5 aliphatic rings. The summed E-state index contributed by atoms with van der Waals surface area (Å²) in [5.41, 5.74) is -2.02. The van der Waals surface area contributed by atoms with Crippen LogP contribution in [0.1, 0.15) is 58.8 Å². The van der Waals surface area contributed by atoms with Crippen LogP contribution in [0.25, 0.3) is 0 Å². The van der Waals surface area contributed by atoms with Crippen LogP contribution in [0.4, 0.5) is 0 Å². The minimum absolute atomic E-state index is 0.0783. The van der Waals surface area contributed by atoms with E-state index in [9.17, 15) is 14.4 Å². The topological polar surface area (TPSA) is 97.4 Å². The van der Waals surface area contributed by atoms with Crippen LogP contribution in [-0.4, -0.2) is 56.2 Å². The maximum atomic E-state index is 13.8. The average Bonchev–Trinajstić information content (AvgIpc) is 3.44. The van der Waals surface area contributed by atoms with Crippen LogP contribution in [-0.2, 0) is 38.1 Å². The predicted molar refractivity (Wildman–Crippen MR) is 105 cm³/mol. The lowest BCUT2D eigenvalue weighted by Crippen LogP contribution is -2.65. The molecular formula is C23H32O8. The number of carbonyl (C=O) groups is 3. The molecule has 0 radical (unpaired) electrons. The maximum absolute atomic E-state index is 13.8. The number of esters is 1. The Morgan fingerprint density at radius 3 is 2.61 bits per heavy atom. The van der Waals surface area contributed by atoms with E-state index in [2.05, 4.69) is 6.92 Å². The van der Waals surface area contributed by atoms with E-state index in [4.69, 9.17) is 23.7 Å². The minimum atomic E-state index is -0.970. The normalized spacial score (nSPS) is 48.9. The highest BCUT2D eigenvalue weighted by Gasteiger charge is 2.77. The van der Waals surface area contributed by atoms with E-state index in [1.54, 1.807) is 0 Å². The van der Waals surface area contributed by atoms with Gasteiger partial charge in [0.2, 0.25) is 5.79 Å². The second-order valence-electron chi connectivity index (χ2n) is 10.4. The Hall–Kier alpha value is -1.35. The van der Waals surface area contributed by atoms with Crippen molar-refractivity contribution in [2.75, 3.05) is 27.3 Å². The van der Waals surface area contributed by atoms with Gasteiger partial charge in [0.15, 0.2) is 13.6 Å². The molecule has 0 aromatic carbocycles. The Kier molecular flexibility index (Phi) is 4.90. The largest absolute Gasteiger partial charge is 0.469 e. The molecule has 3 saturated carbocycles. The molecule has 2 spiro atoms. The van der Waals surface area contributed by atoms with E-state index >= 15 is 0 Å². The summed E-state index contributed by atoms with van der Waals surface area (Å²) in [5.74, 6) is -1.21. The van der Waals surface area contributed by atoms with Gasteiger partial charge in [-0.2, -0.15) is 0 Å². The van der Waals surface area contributed by atoms with E-state index in [-0.39, 0.29) is 55.3 Å². The fraction of sp³-hybridized carbons (Fsp3) is 0.870. The molecule has 3 aliphatic carbocycles. The third kappa shape index (κ3) is 2.65. The van der Waals surface area contributed by atoms with Crippen LogP contribution in [0.5, 0.6) is 0 Å². The molecule has 31 heavy (non-hydrogen) atoms. The minimum Gasteiger partial charge on any atom is -0.469 e. The molecule has 2 aliphatic heterocycles. The second kappa shape index (κ2) is 7.07. The van der Waals surface area contributed by atoms with Crippen LogP contribution >= 0.6 is 0 Å². The molecule has 8 nitrogen and oxygen atoms in total. The van der Waals surface area contributed by atoms with Crippen molar-refractivity contribution < 1.29 is 38.1 Å². The number of ether oxygens (including phenoxy) is 5. The first-order valence-corrected chi connectivity index (χ1v) is 11.4. The van der Waals surface area contributed by atoms with Gasteiger partial charge in [0.25, 0.3) is 0 Å². The van der Waals surface area contributed by atoms with Gasteiger partial charge in [-0.1, -0.05) is 13.8 Å². The quantitative estimate of drug-likeness (QED) is 0.622.